The molecule has 2 fully saturated rings. The first kappa shape index (κ1) is 32.6. The van der Waals surface area contributed by atoms with Crippen LogP contribution in [0.5, 0.6) is 5.75 Å². The van der Waals surface area contributed by atoms with Gasteiger partial charge in [-0.15, -0.1) is 0 Å². The molecule has 0 radical (unpaired) electrons. The van der Waals surface area contributed by atoms with E-state index in [9.17, 15) is 32.3 Å². The van der Waals surface area contributed by atoms with Crippen LogP contribution in [0.25, 0.3) is 0 Å². The van der Waals surface area contributed by atoms with Gasteiger partial charge in [0.05, 0.1) is 12.5 Å². The number of benzene rings is 1. The standard InChI is InChI=1S/C30H35F3N4O7/c1-18-15-20(16-19(2)34-18)17-43-23-7-5-22(6-8-23)29(3)11-14-37(26(29)39)24(25(38)35-44-27(40)30(31,32)33)21-9-12-36(13-10-21)28(41)42-4/h5-8,15-16,21,24H,9-14,17H2,1-4H3,(H,35,38). The largest absolute Gasteiger partial charge is 0.493 e. The van der Waals surface area contributed by atoms with Crippen LogP contribution in [0, 0.1) is 19.8 Å². The van der Waals surface area contributed by atoms with Crippen LogP contribution in [0.3, 0.4) is 0 Å². The Morgan fingerprint density at radius 2 is 1.68 bits per heavy atom. The number of pyridine rings is 1. The lowest BCUT2D eigenvalue weighted by Crippen LogP contribution is -2.56. The summed E-state index contributed by atoms with van der Waals surface area (Å²) in [5, 5.41) is 0. The molecule has 2 aromatic rings. The molecule has 3 heterocycles. The van der Waals surface area contributed by atoms with Crippen molar-refractivity contribution in [2.45, 2.75) is 64.3 Å². The van der Waals surface area contributed by atoms with Crippen molar-refractivity contribution in [1.29, 1.82) is 0 Å². The molecule has 2 atom stereocenters. The molecule has 1 aromatic carbocycles. The van der Waals surface area contributed by atoms with Crippen LogP contribution in [0.15, 0.2) is 36.4 Å². The first-order valence-electron chi connectivity index (χ1n) is 14.1. The summed E-state index contributed by atoms with van der Waals surface area (Å²) < 4.78 is 48.8. The molecule has 0 bridgehead atoms. The fourth-order valence-corrected chi connectivity index (χ4v) is 5.84. The molecule has 4 rings (SSSR count). The van der Waals surface area contributed by atoms with Crippen molar-refractivity contribution in [2.24, 2.45) is 5.92 Å². The number of alkyl halides is 3. The molecule has 2 aliphatic rings. The zero-order chi connectivity index (χ0) is 32.2. The molecule has 2 unspecified atom stereocenters. The number of rotatable bonds is 7. The molecule has 3 amide bonds. The van der Waals surface area contributed by atoms with Crippen LogP contribution < -0.4 is 10.2 Å². The first-order chi connectivity index (χ1) is 20.7. The number of halogens is 3. The van der Waals surface area contributed by atoms with Crippen molar-refractivity contribution in [3.8, 4) is 5.75 Å². The number of nitrogens with zero attached hydrogens (tertiary/aromatic N) is 3. The zero-order valence-electron chi connectivity index (χ0n) is 24.9. The third-order valence-corrected chi connectivity index (χ3v) is 8.12. The summed E-state index contributed by atoms with van der Waals surface area (Å²) >= 11 is 0. The second-order valence-electron chi connectivity index (χ2n) is 11.2. The molecule has 14 heteroatoms. The van der Waals surface area contributed by atoms with Gasteiger partial charge in [-0.25, -0.2) is 9.59 Å². The third-order valence-electron chi connectivity index (χ3n) is 8.12. The molecule has 44 heavy (non-hydrogen) atoms. The molecule has 2 aliphatic heterocycles. The maximum atomic E-state index is 13.9. The molecule has 1 N–H and O–H groups in total. The number of carbonyl (C=O) groups is 4. The Balaban J connectivity index is 1.49. The summed E-state index contributed by atoms with van der Waals surface area (Å²) in [5.74, 6) is -3.97. The van der Waals surface area contributed by atoms with E-state index in [4.69, 9.17) is 9.47 Å². The summed E-state index contributed by atoms with van der Waals surface area (Å²) in [4.78, 5) is 61.5. The van der Waals surface area contributed by atoms with E-state index in [1.165, 1.54) is 16.9 Å². The number of hydrogen-bond donors (Lipinski definition) is 1. The molecular formula is C30H35F3N4O7. The fraction of sp³-hybridized carbons (Fsp3) is 0.500. The topological polar surface area (TPSA) is 127 Å². The van der Waals surface area contributed by atoms with Gasteiger partial charge in [-0.1, -0.05) is 12.1 Å². The second-order valence-corrected chi connectivity index (χ2v) is 11.2. The van der Waals surface area contributed by atoms with E-state index in [1.807, 2.05) is 26.0 Å². The number of aromatic nitrogens is 1. The Morgan fingerprint density at radius 1 is 1.07 bits per heavy atom. The van der Waals surface area contributed by atoms with Crippen LogP contribution in [0.1, 0.15) is 48.7 Å². The van der Waals surface area contributed by atoms with Crippen LogP contribution >= 0.6 is 0 Å². The van der Waals surface area contributed by atoms with Crippen LogP contribution in [0.2, 0.25) is 0 Å². The summed E-state index contributed by atoms with van der Waals surface area (Å²) in [5.41, 5.74) is 3.99. The number of nitrogens with one attached hydrogen (secondary N) is 1. The van der Waals surface area contributed by atoms with Crippen LogP contribution in [0.4, 0.5) is 18.0 Å². The van der Waals surface area contributed by atoms with Gasteiger partial charge in [0.15, 0.2) is 0 Å². The molecule has 11 nitrogen and oxygen atoms in total. The second kappa shape index (κ2) is 13.1. The molecule has 0 spiro atoms. The van der Waals surface area contributed by atoms with Gasteiger partial charge in [0, 0.05) is 31.0 Å². The zero-order valence-corrected chi connectivity index (χ0v) is 24.9. The van der Waals surface area contributed by atoms with E-state index in [0.29, 0.717) is 24.3 Å². The van der Waals surface area contributed by atoms with Crippen molar-refractivity contribution in [1.82, 2.24) is 20.3 Å². The smallest absolute Gasteiger partial charge is 0.489 e. The maximum absolute atomic E-state index is 13.9. The van der Waals surface area contributed by atoms with Crippen LogP contribution in [-0.4, -0.2) is 77.6 Å². The van der Waals surface area contributed by atoms with E-state index in [0.717, 1.165) is 17.0 Å². The van der Waals surface area contributed by atoms with Crippen molar-refractivity contribution in [3.63, 3.8) is 0 Å². The maximum Gasteiger partial charge on any atom is 0.493 e. The van der Waals surface area contributed by atoms with E-state index in [2.05, 4.69) is 9.82 Å². The highest BCUT2D eigenvalue weighted by Gasteiger charge is 2.50. The first-order valence-corrected chi connectivity index (χ1v) is 14.1. The highest BCUT2D eigenvalue weighted by molar-refractivity contribution is 5.95. The number of methoxy groups -OCH3 is 1. The van der Waals surface area contributed by atoms with Crippen LogP contribution in [-0.2, 0) is 36.0 Å². The molecule has 0 saturated carbocycles. The predicted molar refractivity (Wildman–Crippen MR) is 149 cm³/mol. The number of aryl methyl sites for hydroxylation is 2. The number of hydroxylamine groups is 1. The Labute approximate surface area is 252 Å². The van der Waals surface area contributed by atoms with Gasteiger partial charge in [-0.3, -0.25) is 14.6 Å². The summed E-state index contributed by atoms with van der Waals surface area (Å²) in [7, 11) is 1.24. The number of carbonyl (C=O) groups excluding carboxylic acids is 4. The van der Waals surface area contributed by atoms with Crippen molar-refractivity contribution in [2.75, 3.05) is 26.7 Å². The minimum atomic E-state index is -5.32. The molecule has 0 aliphatic carbocycles. The van der Waals surface area contributed by atoms with Gasteiger partial charge >= 0.3 is 18.2 Å². The quantitative estimate of drug-likeness (QED) is 0.464. The predicted octanol–water partition coefficient (Wildman–Crippen LogP) is 3.75. The normalized spacial score (nSPS) is 19.8. The summed E-state index contributed by atoms with van der Waals surface area (Å²) in [6.45, 7) is 6.44. The summed E-state index contributed by atoms with van der Waals surface area (Å²) in [6, 6.07) is 9.68. The number of amides is 3. The number of piperidine rings is 1. The molecule has 238 valence electrons. The van der Waals surface area contributed by atoms with E-state index in [1.54, 1.807) is 36.7 Å². The average Bonchev–Trinajstić information content (AvgIpc) is 3.28. The minimum Gasteiger partial charge on any atom is -0.489 e. The Kier molecular flexibility index (Phi) is 9.69. The SMILES string of the molecule is COC(=O)N1CCC(C(C(=O)NOC(=O)C(F)(F)F)N2CCC(C)(c3ccc(OCc4cc(C)nc(C)c4)cc3)C2=O)CC1. The Hall–Kier alpha value is -4.36. The fourth-order valence-electron chi connectivity index (χ4n) is 5.84. The van der Waals surface area contributed by atoms with Gasteiger partial charge in [-0.2, -0.15) is 18.7 Å². The molecule has 2 saturated heterocycles. The highest BCUT2D eigenvalue weighted by atomic mass is 19.4. The van der Waals surface area contributed by atoms with Gasteiger partial charge in [0.25, 0.3) is 5.91 Å². The lowest BCUT2D eigenvalue weighted by atomic mass is 9.80. The molecular weight excluding hydrogens is 585 g/mol. The van der Waals surface area contributed by atoms with Gasteiger partial charge in [-0.05, 0) is 81.3 Å². The average molecular weight is 621 g/mol. The van der Waals surface area contributed by atoms with E-state index in [-0.39, 0.29) is 32.5 Å². The van der Waals surface area contributed by atoms with Crippen molar-refractivity contribution < 1.29 is 46.7 Å². The third kappa shape index (κ3) is 7.22. The lowest BCUT2D eigenvalue weighted by Gasteiger charge is -2.38. The van der Waals surface area contributed by atoms with Gasteiger partial charge < -0.3 is 24.1 Å². The lowest BCUT2D eigenvalue weighted by molar-refractivity contribution is -0.208. The number of likely N-dealkylation sites (tertiary alicyclic amines) is 2. The number of hydrogen-bond acceptors (Lipinski definition) is 8. The number of ether oxygens (including phenoxy) is 2. The van der Waals surface area contributed by atoms with Crippen molar-refractivity contribution in [3.05, 3.63) is 58.9 Å². The Morgan fingerprint density at radius 3 is 2.25 bits per heavy atom. The highest BCUT2D eigenvalue weighted by Crippen LogP contribution is 2.39. The van der Waals surface area contributed by atoms with Gasteiger partial charge in [0.2, 0.25) is 5.91 Å². The summed E-state index contributed by atoms with van der Waals surface area (Å²) in [6.07, 6.45) is -5.00. The van der Waals surface area contributed by atoms with Gasteiger partial charge in [0.1, 0.15) is 18.4 Å². The monoisotopic (exact) mass is 620 g/mol. The van der Waals surface area contributed by atoms with Crippen molar-refractivity contribution >= 4 is 23.9 Å². The van der Waals surface area contributed by atoms with E-state index >= 15 is 0 Å². The minimum absolute atomic E-state index is 0.136. The van der Waals surface area contributed by atoms with E-state index < -0.39 is 47.4 Å². The molecule has 1 aromatic heterocycles. The Bertz CT molecular complexity index is 1370.